The Labute approximate surface area is 107 Å². The Morgan fingerprint density at radius 2 is 2.00 bits per heavy atom. The lowest BCUT2D eigenvalue weighted by molar-refractivity contribution is -0.141. The van der Waals surface area contributed by atoms with Gasteiger partial charge in [0.15, 0.2) is 0 Å². The maximum atomic E-state index is 12.1. The Bertz CT molecular complexity index is 332. The number of piperidine rings is 1. The van der Waals surface area contributed by atoms with Crippen LogP contribution in [0.3, 0.4) is 0 Å². The zero-order chi connectivity index (χ0) is 13.1. The molecule has 18 heavy (non-hydrogen) atoms. The molecule has 0 aromatic rings. The fourth-order valence-corrected chi connectivity index (χ4v) is 2.95. The van der Waals surface area contributed by atoms with Crippen molar-refractivity contribution >= 4 is 11.9 Å². The first kappa shape index (κ1) is 13.3. The van der Waals surface area contributed by atoms with Crippen LogP contribution in [0.5, 0.6) is 0 Å². The van der Waals surface area contributed by atoms with Crippen LogP contribution in [0.4, 0.5) is 0 Å². The number of aliphatic carboxylic acids is 1. The lowest BCUT2D eigenvalue weighted by Gasteiger charge is -2.28. The number of amides is 1. The van der Waals surface area contributed by atoms with Crippen LogP contribution in [0.2, 0.25) is 0 Å². The summed E-state index contributed by atoms with van der Waals surface area (Å²) >= 11 is 0. The van der Waals surface area contributed by atoms with Gasteiger partial charge in [0.1, 0.15) is 0 Å². The molecular weight excluding hydrogens is 232 g/mol. The highest BCUT2D eigenvalue weighted by molar-refractivity contribution is 5.82. The quantitative estimate of drug-likeness (QED) is 0.694. The monoisotopic (exact) mass is 254 g/mol. The molecule has 1 amide bonds. The highest BCUT2D eigenvalue weighted by Gasteiger charge is 2.32. The summed E-state index contributed by atoms with van der Waals surface area (Å²) in [5.41, 5.74) is 0. The Hall–Kier alpha value is -1.10. The van der Waals surface area contributed by atoms with E-state index in [1.807, 2.05) is 0 Å². The van der Waals surface area contributed by atoms with Crippen molar-refractivity contribution < 1.29 is 14.7 Å². The van der Waals surface area contributed by atoms with E-state index in [0.29, 0.717) is 18.8 Å². The zero-order valence-electron chi connectivity index (χ0n) is 10.8. The minimum atomic E-state index is -0.740. The molecule has 0 radical (unpaired) electrons. The first-order valence-electron chi connectivity index (χ1n) is 6.83. The molecule has 5 nitrogen and oxygen atoms in total. The summed E-state index contributed by atoms with van der Waals surface area (Å²) in [6.45, 7) is 3.05. The van der Waals surface area contributed by atoms with Gasteiger partial charge in [0.2, 0.25) is 5.91 Å². The normalized spacial score (nSPS) is 36.3. The van der Waals surface area contributed by atoms with E-state index in [4.69, 9.17) is 5.11 Å². The molecule has 1 heterocycles. The van der Waals surface area contributed by atoms with Crippen molar-refractivity contribution in [2.75, 3.05) is 6.54 Å². The lowest BCUT2D eigenvalue weighted by atomic mass is 9.94. The zero-order valence-corrected chi connectivity index (χ0v) is 10.8. The van der Waals surface area contributed by atoms with Gasteiger partial charge in [0.05, 0.1) is 12.0 Å². The molecule has 0 spiro atoms. The number of carboxylic acid groups (broad SMARTS) is 1. The number of nitrogens with one attached hydrogen (secondary N) is 2. The third kappa shape index (κ3) is 3.22. The van der Waals surface area contributed by atoms with E-state index in [-0.39, 0.29) is 23.9 Å². The maximum absolute atomic E-state index is 12.1. The molecule has 1 saturated carbocycles. The third-order valence-corrected chi connectivity index (χ3v) is 4.11. The van der Waals surface area contributed by atoms with Gasteiger partial charge in [-0.3, -0.25) is 9.59 Å². The van der Waals surface area contributed by atoms with Crippen LogP contribution < -0.4 is 10.6 Å². The Morgan fingerprint density at radius 1 is 1.22 bits per heavy atom. The molecule has 4 unspecified atom stereocenters. The number of carbonyl (C=O) groups is 2. The van der Waals surface area contributed by atoms with E-state index in [2.05, 4.69) is 17.6 Å². The smallest absolute Gasteiger partial charge is 0.306 e. The summed E-state index contributed by atoms with van der Waals surface area (Å²) in [6.07, 6.45) is 4.03. The number of rotatable bonds is 3. The molecule has 2 aliphatic rings. The number of carboxylic acids is 1. The molecule has 0 aromatic carbocycles. The van der Waals surface area contributed by atoms with Crippen LogP contribution in [0.1, 0.15) is 39.0 Å². The Morgan fingerprint density at radius 3 is 2.61 bits per heavy atom. The highest BCUT2D eigenvalue weighted by atomic mass is 16.4. The summed E-state index contributed by atoms with van der Waals surface area (Å²) < 4.78 is 0. The largest absolute Gasteiger partial charge is 0.481 e. The van der Waals surface area contributed by atoms with Crippen LogP contribution in [0.15, 0.2) is 0 Å². The van der Waals surface area contributed by atoms with Crippen LogP contribution >= 0.6 is 0 Å². The number of hydrogen-bond acceptors (Lipinski definition) is 3. The predicted molar refractivity (Wildman–Crippen MR) is 67.1 cm³/mol. The van der Waals surface area contributed by atoms with E-state index in [1.54, 1.807) is 0 Å². The van der Waals surface area contributed by atoms with Crippen LogP contribution in [0.25, 0.3) is 0 Å². The summed E-state index contributed by atoms with van der Waals surface area (Å²) in [6, 6.07) is -0.0599. The molecule has 1 saturated heterocycles. The first-order valence-corrected chi connectivity index (χ1v) is 6.83. The average molecular weight is 254 g/mol. The van der Waals surface area contributed by atoms with Crippen LogP contribution in [-0.4, -0.2) is 35.6 Å². The van der Waals surface area contributed by atoms with Crippen molar-refractivity contribution in [2.24, 2.45) is 11.8 Å². The van der Waals surface area contributed by atoms with Gasteiger partial charge in [0, 0.05) is 6.04 Å². The molecule has 3 N–H and O–H groups in total. The second-order valence-corrected chi connectivity index (χ2v) is 5.69. The van der Waals surface area contributed by atoms with Gasteiger partial charge in [-0.15, -0.1) is 0 Å². The molecule has 0 bridgehead atoms. The van der Waals surface area contributed by atoms with Gasteiger partial charge >= 0.3 is 5.97 Å². The lowest BCUT2D eigenvalue weighted by Crippen LogP contribution is -2.50. The van der Waals surface area contributed by atoms with Crippen molar-refractivity contribution in [3.63, 3.8) is 0 Å². The minimum Gasteiger partial charge on any atom is -0.481 e. The van der Waals surface area contributed by atoms with Crippen LogP contribution in [-0.2, 0) is 9.59 Å². The van der Waals surface area contributed by atoms with Gasteiger partial charge < -0.3 is 15.7 Å². The van der Waals surface area contributed by atoms with Crippen LogP contribution in [0, 0.1) is 11.8 Å². The second-order valence-electron chi connectivity index (χ2n) is 5.69. The van der Waals surface area contributed by atoms with Crippen molar-refractivity contribution in [3.05, 3.63) is 0 Å². The van der Waals surface area contributed by atoms with Gasteiger partial charge in [0.25, 0.3) is 0 Å². The van der Waals surface area contributed by atoms with Gasteiger partial charge in [-0.2, -0.15) is 0 Å². The molecule has 1 aliphatic carbocycles. The molecular formula is C13H22N2O3. The van der Waals surface area contributed by atoms with Crippen molar-refractivity contribution in [3.8, 4) is 0 Å². The predicted octanol–water partition coefficient (Wildman–Crippen LogP) is 0.744. The fraction of sp³-hybridized carbons (Fsp3) is 0.846. The molecule has 2 fully saturated rings. The fourth-order valence-electron chi connectivity index (χ4n) is 2.95. The first-order chi connectivity index (χ1) is 8.56. The summed E-state index contributed by atoms with van der Waals surface area (Å²) in [7, 11) is 0. The standard InChI is InChI=1S/C13H22N2O3/c1-8-4-5-14-11(6-8)12(16)15-10-3-2-9(7-10)13(17)18/h8-11,14H,2-7H2,1H3,(H,15,16)(H,17,18). The van der Waals surface area contributed by atoms with Crippen molar-refractivity contribution in [1.82, 2.24) is 10.6 Å². The van der Waals surface area contributed by atoms with E-state index >= 15 is 0 Å². The van der Waals surface area contributed by atoms with Gasteiger partial charge in [-0.1, -0.05) is 6.92 Å². The molecule has 0 aromatic heterocycles. The summed E-state index contributed by atoms with van der Waals surface area (Å²) in [4.78, 5) is 22.9. The van der Waals surface area contributed by atoms with E-state index < -0.39 is 5.97 Å². The van der Waals surface area contributed by atoms with Gasteiger partial charge in [-0.25, -0.2) is 0 Å². The molecule has 102 valence electrons. The van der Waals surface area contributed by atoms with E-state index in [0.717, 1.165) is 25.8 Å². The molecule has 1 aliphatic heterocycles. The third-order valence-electron chi connectivity index (χ3n) is 4.11. The highest BCUT2D eigenvalue weighted by Crippen LogP contribution is 2.26. The van der Waals surface area contributed by atoms with Crippen molar-refractivity contribution in [2.45, 2.75) is 51.1 Å². The molecule has 4 atom stereocenters. The SMILES string of the molecule is CC1CCNC(C(=O)NC2CCC(C(=O)O)C2)C1. The number of carbonyl (C=O) groups excluding carboxylic acids is 1. The molecule has 2 rings (SSSR count). The Kier molecular flexibility index (Phi) is 4.22. The van der Waals surface area contributed by atoms with Gasteiger partial charge in [-0.05, 0) is 44.6 Å². The summed E-state index contributed by atoms with van der Waals surface area (Å²) in [5, 5.41) is 15.1. The van der Waals surface area contributed by atoms with E-state index in [1.165, 1.54) is 0 Å². The number of hydrogen-bond donors (Lipinski definition) is 3. The Balaban J connectivity index is 1.79. The second kappa shape index (κ2) is 5.69. The topological polar surface area (TPSA) is 78.4 Å². The summed E-state index contributed by atoms with van der Waals surface area (Å²) in [5.74, 6) is -0.403. The average Bonchev–Trinajstić information content (AvgIpc) is 2.77. The molecule has 5 heteroatoms. The van der Waals surface area contributed by atoms with E-state index in [9.17, 15) is 9.59 Å². The minimum absolute atomic E-state index is 0.0394. The van der Waals surface area contributed by atoms with Crippen molar-refractivity contribution in [1.29, 1.82) is 0 Å². The maximum Gasteiger partial charge on any atom is 0.306 e.